The van der Waals surface area contributed by atoms with Gasteiger partial charge in [0.05, 0.1) is 19.3 Å². The summed E-state index contributed by atoms with van der Waals surface area (Å²) in [5.41, 5.74) is 0. The molecule has 2 heterocycles. The summed E-state index contributed by atoms with van der Waals surface area (Å²) in [5.74, 6) is 0.127. The van der Waals surface area contributed by atoms with Crippen molar-refractivity contribution in [1.29, 1.82) is 0 Å². The lowest BCUT2D eigenvalue weighted by Gasteiger charge is -2.32. The molecule has 92 valence electrons. The summed E-state index contributed by atoms with van der Waals surface area (Å²) in [6.07, 6.45) is 1.86. The summed E-state index contributed by atoms with van der Waals surface area (Å²) in [7, 11) is 0. The molecule has 5 nitrogen and oxygen atoms in total. The van der Waals surface area contributed by atoms with E-state index in [1.807, 2.05) is 0 Å². The van der Waals surface area contributed by atoms with E-state index in [0.717, 1.165) is 32.5 Å². The predicted octanol–water partition coefficient (Wildman–Crippen LogP) is -0.652. The third-order valence-electron chi connectivity index (χ3n) is 3.17. The Morgan fingerprint density at radius 1 is 1.56 bits per heavy atom. The van der Waals surface area contributed by atoms with Crippen LogP contribution >= 0.6 is 0 Å². The minimum atomic E-state index is -0.340. The van der Waals surface area contributed by atoms with Crippen LogP contribution in [0.4, 0.5) is 0 Å². The number of aliphatic hydroxyl groups excluding tert-OH is 1. The number of hydrogen-bond donors (Lipinski definition) is 2. The van der Waals surface area contributed by atoms with Crippen molar-refractivity contribution in [2.75, 3.05) is 32.8 Å². The number of piperidine rings is 1. The number of carbonyl (C=O) groups is 1. The van der Waals surface area contributed by atoms with Crippen LogP contribution in [-0.2, 0) is 9.53 Å². The van der Waals surface area contributed by atoms with Gasteiger partial charge < -0.3 is 20.1 Å². The molecule has 0 spiro atoms. The molecule has 2 rings (SSSR count). The van der Waals surface area contributed by atoms with Crippen LogP contribution in [0.25, 0.3) is 0 Å². The first kappa shape index (κ1) is 11.8. The summed E-state index contributed by atoms with van der Waals surface area (Å²) >= 11 is 0. The zero-order valence-electron chi connectivity index (χ0n) is 9.52. The van der Waals surface area contributed by atoms with Gasteiger partial charge in [0, 0.05) is 32.1 Å². The maximum absolute atomic E-state index is 11.9. The maximum atomic E-state index is 11.9. The minimum absolute atomic E-state index is 0.127. The SMILES string of the molecule is O=C(CC1COCCN1)N1CCCC(O)C1. The number of β-amino-alcohol motifs (C(OH)–C–C–N with tert-alkyl or cyclic N) is 1. The topological polar surface area (TPSA) is 61.8 Å². The Morgan fingerprint density at radius 3 is 3.12 bits per heavy atom. The average molecular weight is 228 g/mol. The molecule has 0 aromatic heterocycles. The second kappa shape index (κ2) is 5.61. The Morgan fingerprint density at radius 2 is 2.44 bits per heavy atom. The van der Waals surface area contributed by atoms with E-state index < -0.39 is 0 Å². The van der Waals surface area contributed by atoms with E-state index in [4.69, 9.17) is 4.74 Å². The number of hydrogen-bond acceptors (Lipinski definition) is 4. The molecule has 0 aliphatic carbocycles. The molecular formula is C11H20N2O3. The van der Waals surface area contributed by atoms with Crippen LogP contribution in [0.2, 0.25) is 0 Å². The minimum Gasteiger partial charge on any atom is -0.391 e. The Hall–Kier alpha value is -0.650. The molecule has 0 aromatic carbocycles. The van der Waals surface area contributed by atoms with Gasteiger partial charge in [0.2, 0.25) is 5.91 Å². The molecule has 0 bridgehead atoms. The molecule has 16 heavy (non-hydrogen) atoms. The molecule has 2 atom stereocenters. The highest BCUT2D eigenvalue weighted by molar-refractivity contribution is 5.77. The second-order valence-corrected chi connectivity index (χ2v) is 4.57. The summed E-state index contributed by atoms with van der Waals surface area (Å²) in [6, 6.07) is 0.139. The van der Waals surface area contributed by atoms with Gasteiger partial charge in [-0.1, -0.05) is 0 Å². The van der Waals surface area contributed by atoms with Gasteiger partial charge in [0.15, 0.2) is 0 Å². The van der Waals surface area contributed by atoms with E-state index in [0.29, 0.717) is 19.6 Å². The molecule has 0 radical (unpaired) electrons. The first-order valence-corrected chi connectivity index (χ1v) is 6.02. The van der Waals surface area contributed by atoms with Gasteiger partial charge in [-0.25, -0.2) is 0 Å². The largest absolute Gasteiger partial charge is 0.391 e. The summed E-state index contributed by atoms with van der Waals surface area (Å²) < 4.78 is 5.31. The fraction of sp³-hybridized carbons (Fsp3) is 0.909. The fourth-order valence-corrected chi connectivity index (χ4v) is 2.27. The molecule has 2 saturated heterocycles. The lowest BCUT2D eigenvalue weighted by Crippen LogP contribution is -2.47. The van der Waals surface area contributed by atoms with Gasteiger partial charge in [-0.15, -0.1) is 0 Å². The number of nitrogens with one attached hydrogen (secondary N) is 1. The average Bonchev–Trinajstić information content (AvgIpc) is 2.30. The van der Waals surface area contributed by atoms with Crippen molar-refractivity contribution in [2.24, 2.45) is 0 Å². The van der Waals surface area contributed by atoms with Crippen LogP contribution in [0.1, 0.15) is 19.3 Å². The van der Waals surface area contributed by atoms with Gasteiger partial charge >= 0.3 is 0 Å². The van der Waals surface area contributed by atoms with E-state index in [1.54, 1.807) is 4.90 Å². The molecule has 2 fully saturated rings. The number of ether oxygens (including phenoxy) is 1. The van der Waals surface area contributed by atoms with Crippen LogP contribution in [0, 0.1) is 0 Å². The maximum Gasteiger partial charge on any atom is 0.224 e. The molecule has 5 heteroatoms. The first-order valence-electron chi connectivity index (χ1n) is 6.02. The van der Waals surface area contributed by atoms with Crippen molar-refractivity contribution < 1.29 is 14.6 Å². The number of amides is 1. The number of rotatable bonds is 2. The third kappa shape index (κ3) is 3.17. The second-order valence-electron chi connectivity index (χ2n) is 4.57. The van der Waals surface area contributed by atoms with Gasteiger partial charge in [-0.3, -0.25) is 4.79 Å². The molecule has 1 amide bonds. The predicted molar refractivity (Wildman–Crippen MR) is 59.0 cm³/mol. The normalized spacial score (nSPS) is 31.4. The highest BCUT2D eigenvalue weighted by Gasteiger charge is 2.25. The molecule has 2 unspecified atom stereocenters. The smallest absolute Gasteiger partial charge is 0.224 e. The van der Waals surface area contributed by atoms with E-state index in [2.05, 4.69) is 5.32 Å². The summed E-state index contributed by atoms with van der Waals surface area (Å²) in [5, 5.41) is 12.8. The van der Waals surface area contributed by atoms with Crippen LogP contribution in [0.15, 0.2) is 0 Å². The van der Waals surface area contributed by atoms with Crippen molar-refractivity contribution in [1.82, 2.24) is 10.2 Å². The standard InChI is InChI=1S/C11H20N2O3/c14-10-2-1-4-13(7-10)11(15)6-9-8-16-5-3-12-9/h9-10,12,14H,1-8H2. The van der Waals surface area contributed by atoms with E-state index >= 15 is 0 Å². The molecule has 2 N–H and O–H groups in total. The number of likely N-dealkylation sites (tertiary alicyclic amines) is 1. The van der Waals surface area contributed by atoms with Gasteiger partial charge in [-0.2, -0.15) is 0 Å². The zero-order valence-corrected chi connectivity index (χ0v) is 9.52. The lowest BCUT2D eigenvalue weighted by atomic mass is 10.1. The Balaban J connectivity index is 1.77. The number of nitrogens with zero attached hydrogens (tertiary/aromatic N) is 1. The number of morpholine rings is 1. The van der Waals surface area contributed by atoms with Crippen molar-refractivity contribution in [3.05, 3.63) is 0 Å². The molecule has 0 saturated carbocycles. The van der Waals surface area contributed by atoms with Crippen molar-refractivity contribution in [3.8, 4) is 0 Å². The number of carbonyl (C=O) groups excluding carboxylic acids is 1. The van der Waals surface area contributed by atoms with Crippen LogP contribution in [-0.4, -0.2) is 60.9 Å². The van der Waals surface area contributed by atoms with Gasteiger partial charge in [0.25, 0.3) is 0 Å². The highest BCUT2D eigenvalue weighted by Crippen LogP contribution is 2.12. The third-order valence-corrected chi connectivity index (χ3v) is 3.17. The van der Waals surface area contributed by atoms with Gasteiger partial charge in [-0.05, 0) is 12.8 Å². The lowest BCUT2D eigenvalue weighted by molar-refractivity contribution is -0.135. The van der Waals surface area contributed by atoms with Crippen LogP contribution < -0.4 is 5.32 Å². The van der Waals surface area contributed by atoms with Crippen LogP contribution in [0.3, 0.4) is 0 Å². The van der Waals surface area contributed by atoms with E-state index in [1.165, 1.54) is 0 Å². The first-order chi connectivity index (χ1) is 7.75. The van der Waals surface area contributed by atoms with Crippen LogP contribution in [0.5, 0.6) is 0 Å². The fourth-order valence-electron chi connectivity index (χ4n) is 2.27. The Kier molecular flexibility index (Phi) is 4.15. The Labute approximate surface area is 95.8 Å². The number of aliphatic hydroxyl groups is 1. The van der Waals surface area contributed by atoms with Crippen molar-refractivity contribution in [2.45, 2.75) is 31.4 Å². The molecular weight excluding hydrogens is 208 g/mol. The quantitative estimate of drug-likeness (QED) is 0.659. The summed E-state index contributed by atoms with van der Waals surface area (Å²) in [4.78, 5) is 13.7. The molecule has 2 aliphatic rings. The monoisotopic (exact) mass is 228 g/mol. The molecule has 0 aromatic rings. The molecule has 2 aliphatic heterocycles. The van der Waals surface area contributed by atoms with Crippen molar-refractivity contribution >= 4 is 5.91 Å². The van der Waals surface area contributed by atoms with Gasteiger partial charge in [0.1, 0.15) is 0 Å². The highest BCUT2D eigenvalue weighted by atomic mass is 16.5. The Bertz CT molecular complexity index is 241. The van der Waals surface area contributed by atoms with E-state index in [-0.39, 0.29) is 18.1 Å². The summed E-state index contributed by atoms with van der Waals surface area (Å²) in [6.45, 7) is 3.44. The van der Waals surface area contributed by atoms with Crippen molar-refractivity contribution in [3.63, 3.8) is 0 Å². The zero-order chi connectivity index (χ0) is 11.4. The van der Waals surface area contributed by atoms with E-state index in [9.17, 15) is 9.90 Å².